The molecule has 0 spiro atoms. The second-order valence-corrected chi connectivity index (χ2v) is 8.40. The van der Waals surface area contributed by atoms with E-state index in [2.05, 4.69) is 5.32 Å². The van der Waals surface area contributed by atoms with Gasteiger partial charge in [0, 0.05) is 10.3 Å². The number of hydrogen-bond acceptors (Lipinski definition) is 7. The first-order valence-corrected chi connectivity index (χ1v) is 8.90. The van der Waals surface area contributed by atoms with Crippen molar-refractivity contribution in [3.8, 4) is 0 Å². The molecule has 136 valence electrons. The standard InChI is InChI=1S/C17H16N2O6S.Na/c1-16-7-17(16,15(23)24)19-13(22)10(14(19)26-16)18-12(21)11(25-8-20)9-5-3-2-4-6-9;/h2-6,8,10-11,14H,7H2,1H3,(H,18,21)(H,23,24);/q;+1/p-1/t10?,11?,14-,16?,17?;/m1./s1. The van der Waals surface area contributed by atoms with Gasteiger partial charge in [0.05, 0.1) is 11.5 Å². The van der Waals surface area contributed by atoms with Gasteiger partial charge in [0.15, 0.2) is 0 Å². The van der Waals surface area contributed by atoms with Crippen LogP contribution in [-0.4, -0.2) is 50.9 Å². The Labute approximate surface area is 181 Å². The van der Waals surface area contributed by atoms with E-state index < -0.39 is 45.6 Å². The smallest absolute Gasteiger partial charge is 0.548 e. The predicted molar refractivity (Wildman–Crippen MR) is 87.2 cm³/mol. The SMILES string of the molecule is CC12CC1(C(=O)[O-])N1C(=O)C(NC(=O)C(OC=O)c3ccccc3)[C@H]1S2.[Na+]. The molecule has 1 N–H and O–H groups in total. The van der Waals surface area contributed by atoms with Crippen LogP contribution in [0.4, 0.5) is 0 Å². The van der Waals surface area contributed by atoms with Gasteiger partial charge in [-0.3, -0.25) is 14.4 Å². The molecule has 4 unspecified atom stereocenters. The van der Waals surface area contributed by atoms with Crippen molar-refractivity contribution >= 4 is 36.0 Å². The third-order valence-corrected chi connectivity index (χ3v) is 7.07. The molecule has 2 aliphatic heterocycles. The molecule has 1 aromatic carbocycles. The van der Waals surface area contributed by atoms with Crippen LogP contribution in [0.15, 0.2) is 30.3 Å². The van der Waals surface area contributed by atoms with Crippen LogP contribution in [0.25, 0.3) is 0 Å². The minimum absolute atomic E-state index is 0. The monoisotopic (exact) mass is 398 g/mol. The second kappa shape index (κ2) is 6.80. The number of aliphatic carboxylic acids is 1. The van der Waals surface area contributed by atoms with Gasteiger partial charge in [-0.25, -0.2) is 0 Å². The third kappa shape index (κ3) is 2.71. The Balaban J connectivity index is 0.00000210. The van der Waals surface area contributed by atoms with Crippen LogP contribution in [0.3, 0.4) is 0 Å². The Morgan fingerprint density at radius 1 is 1.41 bits per heavy atom. The van der Waals surface area contributed by atoms with Crippen LogP contribution in [0.2, 0.25) is 0 Å². The fourth-order valence-electron chi connectivity index (χ4n) is 3.90. The van der Waals surface area contributed by atoms with Gasteiger partial charge in [0.1, 0.15) is 11.4 Å². The number of carboxylic acid groups (broad SMARTS) is 1. The Morgan fingerprint density at radius 3 is 2.67 bits per heavy atom. The van der Waals surface area contributed by atoms with Crippen LogP contribution in [0.5, 0.6) is 0 Å². The van der Waals surface area contributed by atoms with E-state index in [4.69, 9.17) is 4.74 Å². The molecule has 5 atom stereocenters. The van der Waals surface area contributed by atoms with Crippen molar-refractivity contribution in [2.75, 3.05) is 0 Å². The van der Waals surface area contributed by atoms with Crippen LogP contribution >= 0.6 is 11.8 Å². The first-order valence-electron chi connectivity index (χ1n) is 8.02. The van der Waals surface area contributed by atoms with E-state index in [9.17, 15) is 24.3 Å². The summed E-state index contributed by atoms with van der Waals surface area (Å²) >= 11 is 1.35. The number of nitrogens with zero attached hydrogens (tertiary/aromatic N) is 1. The van der Waals surface area contributed by atoms with Gasteiger partial charge in [-0.1, -0.05) is 30.3 Å². The number of nitrogens with one attached hydrogen (secondary N) is 1. The van der Waals surface area contributed by atoms with Gasteiger partial charge in [0.25, 0.3) is 12.4 Å². The number of rotatable bonds is 6. The van der Waals surface area contributed by atoms with Crippen molar-refractivity contribution in [2.24, 2.45) is 0 Å². The number of β-lactam (4-membered cyclic amide) rings is 1. The van der Waals surface area contributed by atoms with E-state index in [-0.39, 0.29) is 36.0 Å². The maximum Gasteiger partial charge on any atom is 1.00 e. The largest absolute Gasteiger partial charge is 1.00 e. The summed E-state index contributed by atoms with van der Waals surface area (Å²) in [6, 6.07) is 7.57. The number of fused-ring (bicyclic) bond motifs is 3. The van der Waals surface area contributed by atoms with Crippen molar-refractivity contribution in [3.05, 3.63) is 35.9 Å². The number of ether oxygens (including phenoxy) is 1. The molecule has 27 heavy (non-hydrogen) atoms. The number of carbonyl (C=O) groups is 4. The van der Waals surface area contributed by atoms with E-state index in [1.807, 2.05) is 0 Å². The molecule has 8 nitrogen and oxygen atoms in total. The first-order chi connectivity index (χ1) is 12.4. The quantitative estimate of drug-likeness (QED) is 0.295. The summed E-state index contributed by atoms with van der Waals surface area (Å²) in [4.78, 5) is 48.6. The fourth-order valence-corrected chi connectivity index (χ4v) is 5.82. The fraction of sp³-hybridized carbons (Fsp3) is 0.412. The maximum absolute atomic E-state index is 12.6. The second-order valence-electron chi connectivity index (χ2n) is 6.78. The molecule has 2 heterocycles. The molecule has 1 aliphatic carbocycles. The van der Waals surface area contributed by atoms with Gasteiger partial charge < -0.3 is 24.9 Å². The molecule has 0 radical (unpaired) electrons. The number of thioether (sulfide) groups is 1. The van der Waals surface area contributed by atoms with Crippen molar-refractivity contribution < 1.29 is 58.6 Å². The van der Waals surface area contributed by atoms with Gasteiger partial charge >= 0.3 is 29.6 Å². The number of benzene rings is 1. The van der Waals surface area contributed by atoms with Gasteiger partial charge in [-0.2, -0.15) is 0 Å². The van der Waals surface area contributed by atoms with Gasteiger partial charge in [-0.05, 0) is 13.3 Å². The Bertz CT molecular complexity index is 823. The van der Waals surface area contributed by atoms with Crippen LogP contribution in [0, 0.1) is 0 Å². The Kier molecular flexibility index (Phi) is 5.09. The summed E-state index contributed by atoms with van der Waals surface area (Å²) < 4.78 is 4.29. The van der Waals surface area contributed by atoms with Crippen LogP contribution in [-0.2, 0) is 23.9 Å². The molecular weight excluding hydrogens is 383 g/mol. The zero-order valence-electron chi connectivity index (χ0n) is 14.7. The van der Waals surface area contributed by atoms with Crippen molar-refractivity contribution in [1.29, 1.82) is 0 Å². The molecule has 1 aromatic rings. The van der Waals surface area contributed by atoms with Crippen LogP contribution < -0.4 is 40.0 Å². The summed E-state index contributed by atoms with van der Waals surface area (Å²) in [5.41, 5.74) is -0.806. The minimum atomic E-state index is -1.28. The number of carbonyl (C=O) groups excluding carboxylic acids is 4. The third-order valence-electron chi connectivity index (χ3n) is 5.35. The number of hydrogen-bond donors (Lipinski definition) is 1. The van der Waals surface area contributed by atoms with Crippen molar-refractivity contribution in [1.82, 2.24) is 10.2 Å². The molecule has 2 amide bonds. The Morgan fingerprint density at radius 2 is 2.07 bits per heavy atom. The molecule has 3 aliphatic rings. The first kappa shape index (κ1) is 20.2. The molecule has 1 saturated carbocycles. The zero-order chi connectivity index (χ0) is 18.7. The summed E-state index contributed by atoms with van der Waals surface area (Å²) in [7, 11) is 0. The molecular formula is C17H15N2NaO6S. The number of amides is 2. The Hall–Kier alpha value is -1.55. The van der Waals surface area contributed by atoms with E-state index in [0.717, 1.165) is 0 Å². The van der Waals surface area contributed by atoms with Gasteiger partial charge in [-0.15, -0.1) is 11.8 Å². The zero-order valence-corrected chi connectivity index (χ0v) is 17.5. The van der Waals surface area contributed by atoms with Crippen molar-refractivity contribution in [2.45, 2.75) is 41.2 Å². The topological polar surface area (TPSA) is 116 Å². The van der Waals surface area contributed by atoms with E-state index in [1.165, 1.54) is 16.7 Å². The molecule has 3 fully saturated rings. The van der Waals surface area contributed by atoms with Gasteiger partial charge in [0.2, 0.25) is 12.0 Å². The van der Waals surface area contributed by atoms with Crippen molar-refractivity contribution in [3.63, 3.8) is 0 Å². The van der Waals surface area contributed by atoms with E-state index in [1.54, 1.807) is 37.3 Å². The summed E-state index contributed by atoms with van der Waals surface area (Å²) in [5.74, 6) is -2.35. The summed E-state index contributed by atoms with van der Waals surface area (Å²) in [5, 5.41) is 13.7. The molecule has 10 heteroatoms. The molecule has 2 saturated heterocycles. The minimum Gasteiger partial charge on any atom is -0.548 e. The maximum atomic E-state index is 12.6. The molecule has 0 bridgehead atoms. The predicted octanol–water partition coefficient (Wildman–Crippen LogP) is -4.04. The van der Waals surface area contributed by atoms with E-state index >= 15 is 0 Å². The molecule has 4 rings (SSSR count). The average Bonchev–Trinajstić information content (AvgIpc) is 3.16. The van der Waals surface area contributed by atoms with Crippen LogP contribution in [0.1, 0.15) is 25.0 Å². The number of carboxylic acids is 1. The summed E-state index contributed by atoms with van der Waals surface area (Å²) in [6.07, 6.45) is -0.834. The summed E-state index contributed by atoms with van der Waals surface area (Å²) in [6.45, 7) is 1.96. The average molecular weight is 398 g/mol. The molecule has 0 aromatic heterocycles. The van der Waals surface area contributed by atoms with E-state index in [0.29, 0.717) is 12.0 Å². The normalized spacial score (nSPS) is 33.5.